The van der Waals surface area contributed by atoms with Gasteiger partial charge in [0.05, 0.1) is 0 Å². The number of carboxylic acid groups (broad SMARTS) is 1. The van der Waals surface area contributed by atoms with Crippen molar-refractivity contribution in [3.8, 4) is 0 Å². The van der Waals surface area contributed by atoms with Crippen molar-refractivity contribution in [1.29, 1.82) is 0 Å². The second-order valence-corrected chi connectivity index (χ2v) is 4.45. The number of hydrogen-bond donors (Lipinski definition) is 2. The van der Waals surface area contributed by atoms with Gasteiger partial charge < -0.3 is 10.8 Å². The highest BCUT2D eigenvalue weighted by atomic mass is 32.2. The van der Waals surface area contributed by atoms with Crippen molar-refractivity contribution in [2.45, 2.75) is 32.7 Å². The van der Waals surface area contributed by atoms with Crippen molar-refractivity contribution in [3.05, 3.63) is 0 Å². The molecule has 0 fully saturated rings. The molecule has 0 aromatic rings. The van der Waals surface area contributed by atoms with Crippen LogP contribution < -0.4 is 5.73 Å². The first-order valence-corrected chi connectivity index (χ1v) is 5.79. The van der Waals surface area contributed by atoms with Crippen LogP contribution in [0.3, 0.4) is 0 Å². The summed E-state index contributed by atoms with van der Waals surface area (Å²) in [4.78, 5) is 10.4. The standard InChI is InChI=1S/C9H19NO2S/c1-3-4-7(2)5-13-6-8(10)9(11)12/h7-8H,3-6,10H2,1-2H3,(H,11,12)/t7?,8-/m0/s1. The van der Waals surface area contributed by atoms with E-state index in [1.165, 1.54) is 12.8 Å². The molecule has 0 spiro atoms. The smallest absolute Gasteiger partial charge is 0.321 e. The Morgan fingerprint density at radius 2 is 2.15 bits per heavy atom. The van der Waals surface area contributed by atoms with Crippen molar-refractivity contribution in [3.63, 3.8) is 0 Å². The van der Waals surface area contributed by atoms with Crippen molar-refractivity contribution < 1.29 is 9.90 Å². The fraction of sp³-hybridized carbons (Fsp3) is 0.889. The highest BCUT2D eigenvalue weighted by Gasteiger charge is 2.11. The summed E-state index contributed by atoms with van der Waals surface area (Å²) < 4.78 is 0. The minimum Gasteiger partial charge on any atom is -0.480 e. The second-order valence-electron chi connectivity index (χ2n) is 3.38. The Balaban J connectivity index is 3.39. The lowest BCUT2D eigenvalue weighted by atomic mass is 10.1. The fourth-order valence-corrected chi connectivity index (χ4v) is 2.15. The minimum atomic E-state index is -0.907. The maximum atomic E-state index is 10.4. The van der Waals surface area contributed by atoms with Crippen LogP contribution in [0.4, 0.5) is 0 Å². The van der Waals surface area contributed by atoms with Gasteiger partial charge in [-0.1, -0.05) is 26.7 Å². The number of nitrogens with two attached hydrogens (primary N) is 1. The van der Waals surface area contributed by atoms with Crippen LogP contribution in [0, 0.1) is 5.92 Å². The van der Waals surface area contributed by atoms with Crippen LogP contribution in [0.5, 0.6) is 0 Å². The molecule has 0 saturated carbocycles. The second kappa shape index (κ2) is 7.21. The Hall–Kier alpha value is -0.220. The first-order chi connectivity index (χ1) is 6.07. The van der Waals surface area contributed by atoms with Crippen LogP contribution in [0.15, 0.2) is 0 Å². The van der Waals surface area contributed by atoms with Crippen LogP contribution in [-0.4, -0.2) is 28.6 Å². The zero-order valence-electron chi connectivity index (χ0n) is 8.32. The number of carbonyl (C=O) groups is 1. The Kier molecular flexibility index (Phi) is 7.09. The molecular weight excluding hydrogens is 186 g/mol. The van der Waals surface area contributed by atoms with Crippen molar-refractivity contribution in [1.82, 2.24) is 0 Å². The summed E-state index contributed by atoms with van der Waals surface area (Å²) in [7, 11) is 0. The SMILES string of the molecule is CCCC(C)CSC[C@H](N)C(=O)O. The Morgan fingerprint density at radius 1 is 1.54 bits per heavy atom. The predicted molar refractivity (Wildman–Crippen MR) is 57.0 cm³/mol. The summed E-state index contributed by atoms with van der Waals surface area (Å²) >= 11 is 1.63. The largest absolute Gasteiger partial charge is 0.480 e. The Bertz CT molecular complexity index is 153. The van der Waals surface area contributed by atoms with Gasteiger partial charge in [0.25, 0.3) is 0 Å². The molecule has 13 heavy (non-hydrogen) atoms. The van der Waals surface area contributed by atoms with Crippen LogP contribution >= 0.6 is 11.8 Å². The van der Waals surface area contributed by atoms with Gasteiger partial charge in [-0.2, -0.15) is 11.8 Å². The number of rotatable bonds is 7. The zero-order valence-corrected chi connectivity index (χ0v) is 9.14. The summed E-state index contributed by atoms with van der Waals surface area (Å²) in [5, 5.41) is 8.51. The highest BCUT2D eigenvalue weighted by Crippen LogP contribution is 2.13. The first-order valence-electron chi connectivity index (χ1n) is 4.64. The number of hydrogen-bond acceptors (Lipinski definition) is 3. The van der Waals surface area contributed by atoms with Crippen LogP contribution in [0.1, 0.15) is 26.7 Å². The van der Waals surface area contributed by atoms with E-state index in [1.807, 2.05) is 0 Å². The lowest BCUT2D eigenvalue weighted by Crippen LogP contribution is -2.32. The van der Waals surface area contributed by atoms with Crippen molar-refractivity contribution in [2.24, 2.45) is 11.7 Å². The van der Waals surface area contributed by atoms with E-state index in [4.69, 9.17) is 10.8 Å². The third-order valence-electron chi connectivity index (χ3n) is 1.80. The fourth-order valence-electron chi connectivity index (χ4n) is 1.04. The molecule has 1 unspecified atom stereocenters. The average Bonchev–Trinajstić information content (AvgIpc) is 2.04. The van der Waals surface area contributed by atoms with E-state index in [9.17, 15) is 4.79 Å². The molecule has 0 radical (unpaired) electrons. The molecule has 3 nitrogen and oxygen atoms in total. The summed E-state index contributed by atoms with van der Waals surface area (Å²) in [5.41, 5.74) is 5.36. The number of carboxylic acids is 1. The molecule has 0 aromatic heterocycles. The van der Waals surface area contributed by atoms with E-state index in [2.05, 4.69) is 13.8 Å². The number of aliphatic carboxylic acids is 1. The van der Waals surface area contributed by atoms with Gasteiger partial charge in [0.15, 0.2) is 0 Å². The minimum absolute atomic E-state index is 0.517. The van der Waals surface area contributed by atoms with Gasteiger partial charge in [0.1, 0.15) is 6.04 Å². The van der Waals surface area contributed by atoms with E-state index in [0.717, 1.165) is 5.75 Å². The summed E-state index contributed by atoms with van der Waals surface area (Å²) in [6.45, 7) is 4.34. The van der Waals surface area contributed by atoms with Gasteiger partial charge in [-0.15, -0.1) is 0 Å². The lowest BCUT2D eigenvalue weighted by molar-refractivity contribution is -0.137. The molecule has 0 rings (SSSR count). The monoisotopic (exact) mass is 205 g/mol. The summed E-state index contributed by atoms with van der Waals surface area (Å²) in [6.07, 6.45) is 2.39. The number of thioether (sulfide) groups is 1. The Labute approximate surface area is 84.1 Å². The molecule has 0 amide bonds. The Morgan fingerprint density at radius 3 is 2.62 bits per heavy atom. The van der Waals surface area contributed by atoms with E-state index in [-0.39, 0.29) is 0 Å². The van der Waals surface area contributed by atoms with Gasteiger partial charge in [0.2, 0.25) is 0 Å². The van der Waals surface area contributed by atoms with Crippen LogP contribution in [-0.2, 0) is 4.79 Å². The topological polar surface area (TPSA) is 63.3 Å². The molecule has 0 aromatic carbocycles. The van der Waals surface area contributed by atoms with Gasteiger partial charge >= 0.3 is 5.97 Å². The van der Waals surface area contributed by atoms with Crippen LogP contribution in [0.2, 0.25) is 0 Å². The third kappa shape index (κ3) is 6.90. The van der Waals surface area contributed by atoms with Gasteiger partial charge in [0, 0.05) is 5.75 Å². The van der Waals surface area contributed by atoms with Gasteiger partial charge in [-0.05, 0) is 11.7 Å². The van der Waals surface area contributed by atoms with E-state index >= 15 is 0 Å². The van der Waals surface area contributed by atoms with Crippen molar-refractivity contribution in [2.75, 3.05) is 11.5 Å². The molecule has 0 bridgehead atoms. The molecule has 0 heterocycles. The van der Waals surface area contributed by atoms with E-state index in [1.54, 1.807) is 11.8 Å². The van der Waals surface area contributed by atoms with Gasteiger partial charge in [-0.3, -0.25) is 4.79 Å². The maximum absolute atomic E-state index is 10.4. The molecule has 0 saturated heterocycles. The molecule has 3 N–H and O–H groups in total. The predicted octanol–water partition coefficient (Wildman–Crippen LogP) is 1.57. The molecule has 0 aliphatic carbocycles. The maximum Gasteiger partial charge on any atom is 0.321 e. The van der Waals surface area contributed by atoms with Crippen molar-refractivity contribution >= 4 is 17.7 Å². The molecule has 0 aliphatic rings. The molecule has 0 aliphatic heterocycles. The van der Waals surface area contributed by atoms with Gasteiger partial charge in [-0.25, -0.2) is 0 Å². The normalized spacial score (nSPS) is 15.3. The average molecular weight is 205 g/mol. The van der Waals surface area contributed by atoms with E-state index < -0.39 is 12.0 Å². The molecular formula is C9H19NO2S. The quantitative estimate of drug-likeness (QED) is 0.662. The highest BCUT2D eigenvalue weighted by molar-refractivity contribution is 7.99. The summed E-state index contributed by atoms with van der Waals surface area (Å²) in [6, 6.07) is -0.709. The molecule has 4 heteroatoms. The molecule has 78 valence electrons. The third-order valence-corrected chi connectivity index (χ3v) is 3.20. The summed E-state index contributed by atoms with van der Waals surface area (Å²) in [5.74, 6) is 1.28. The molecule has 2 atom stereocenters. The first kappa shape index (κ1) is 12.8. The lowest BCUT2D eigenvalue weighted by Gasteiger charge is -2.10. The van der Waals surface area contributed by atoms with Crippen LogP contribution in [0.25, 0.3) is 0 Å². The van der Waals surface area contributed by atoms with E-state index in [0.29, 0.717) is 11.7 Å². The zero-order chi connectivity index (χ0) is 10.3.